The lowest BCUT2D eigenvalue weighted by Crippen LogP contribution is -2.12. The zero-order chi connectivity index (χ0) is 18.3. The molecule has 0 aliphatic rings. The van der Waals surface area contributed by atoms with Gasteiger partial charge < -0.3 is 15.8 Å². The van der Waals surface area contributed by atoms with E-state index >= 15 is 0 Å². The topological polar surface area (TPSA) is 74.4 Å². The number of nitrogens with two attached hydrogens (primary N) is 1. The number of benzene rings is 2. The molecule has 132 valence electrons. The van der Waals surface area contributed by atoms with E-state index < -0.39 is 0 Å². The van der Waals surface area contributed by atoms with Crippen LogP contribution in [0.15, 0.2) is 84.1 Å². The predicted octanol–water partition coefficient (Wildman–Crippen LogP) is 5.25. The van der Waals surface area contributed by atoms with Gasteiger partial charge in [0, 0.05) is 18.0 Å². The van der Waals surface area contributed by atoms with E-state index in [0.29, 0.717) is 5.84 Å². The summed E-state index contributed by atoms with van der Waals surface area (Å²) in [6.07, 6.45) is 6.39. The molecule has 3 aromatic rings. The van der Waals surface area contributed by atoms with E-state index in [4.69, 9.17) is 10.8 Å². The summed E-state index contributed by atoms with van der Waals surface area (Å²) in [5.74, 6) is 0.684. The van der Waals surface area contributed by atoms with Crippen LogP contribution in [0, 0.1) is 0 Å². The average molecular weight is 337 g/mol. The largest absolute Gasteiger partial charge is 0.508 e. The van der Waals surface area contributed by atoms with Crippen molar-refractivity contribution in [1.82, 2.24) is 4.98 Å². The van der Waals surface area contributed by atoms with Crippen molar-refractivity contribution in [2.24, 2.45) is 10.7 Å². The predicted molar refractivity (Wildman–Crippen MR) is 106 cm³/mol. The van der Waals surface area contributed by atoms with E-state index in [-0.39, 0.29) is 5.75 Å². The van der Waals surface area contributed by atoms with Gasteiger partial charge in [0.25, 0.3) is 0 Å². The summed E-state index contributed by atoms with van der Waals surface area (Å²) in [4.78, 5) is 7.11. The second kappa shape index (κ2) is 12.4. The number of hydrogen-bond acceptors (Lipinski definition) is 2. The molecule has 3 rings (SSSR count). The quantitative estimate of drug-likeness (QED) is 0.451. The highest BCUT2D eigenvalue weighted by molar-refractivity contribution is 5.98. The molecule has 4 N–H and O–H groups in total. The fourth-order valence-corrected chi connectivity index (χ4v) is 1.62. The maximum Gasteiger partial charge on any atom is 0.131 e. The van der Waals surface area contributed by atoms with Crippen molar-refractivity contribution >= 4 is 11.5 Å². The van der Waals surface area contributed by atoms with Crippen LogP contribution in [0.3, 0.4) is 0 Å². The van der Waals surface area contributed by atoms with E-state index in [1.165, 1.54) is 12.8 Å². The Bertz CT molecular complexity index is 671. The average Bonchev–Trinajstić information content (AvgIpc) is 3.24. The molecule has 0 atom stereocenters. The molecule has 25 heavy (non-hydrogen) atoms. The summed E-state index contributed by atoms with van der Waals surface area (Å²) in [6, 6.07) is 20.0. The molecule has 1 aromatic heterocycles. The SMILES string of the molecule is CCCC.NC(=Nc1ccc(O)cc1)c1ccccc1.c1cc[nH]c1. The van der Waals surface area contributed by atoms with Gasteiger partial charge in [-0.1, -0.05) is 57.0 Å². The maximum absolute atomic E-state index is 9.13. The smallest absolute Gasteiger partial charge is 0.131 e. The number of aliphatic imine (C=N–C) groups is 1. The van der Waals surface area contributed by atoms with E-state index in [2.05, 4.69) is 23.8 Å². The Balaban J connectivity index is 0.000000285. The highest BCUT2D eigenvalue weighted by Gasteiger charge is 1.97. The first-order valence-electron chi connectivity index (χ1n) is 8.43. The molecule has 0 unspecified atom stereocenters. The van der Waals surface area contributed by atoms with Crippen LogP contribution in [0.25, 0.3) is 0 Å². The fraction of sp³-hybridized carbons (Fsp3) is 0.190. The zero-order valence-corrected chi connectivity index (χ0v) is 14.9. The monoisotopic (exact) mass is 337 g/mol. The van der Waals surface area contributed by atoms with Crippen molar-refractivity contribution in [3.05, 3.63) is 84.7 Å². The van der Waals surface area contributed by atoms with Gasteiger partial charge in [-0.25, -0.2) is 4.99 Å². The third-order valence-electron chi connectivity index (χ3n) is 3.16. The van der Waals surface area contributed by atoms with Crippen LogP contribution in [0.1, 0.15) is 32.3 Å². The van der Waals surface area contributed by atoms with Gasteiger partial charge in [0.1, 0.15) is 11.6 Å². The number of unbranched alkanes of at least 4 members (excludes halogenated alkanes) is 1. The summed E-state index contributed by atoms with van der Waals surface area (Å²) >= 11 is 0. The number of phenols is 1. The Labute approximate surface area is 150 Å². The highest BCUT2D eigenvalue weighted by Crippen LogP contribution is 2.17. The van der Waals surface area contributed by atoms with Crippen molar-refractivity contribution in [3.63, 3.8) is 0 Å². The molecule has 0 amide bonds. The first-order valence-corrected chi connectivity index (χ1v) is 8.43. The van der Waals surface area contributed by atoms with Gasteiger partial charge in [-0.3, -0.25) is 0 Å². The van der Waals surface area contributed by atoms with E-state index in [1.807, 2.05) is 54.9 Å². The number of hydrogen-bond donors (Lipinski definition) is 3. The van der Waals surface area contributed by atoms with Crippen molar-refractivity contribution < 1.29 is 5.11 Å². The molecular formula is C21H27N3O. The summed E-state index contributed by atoms with van der Waals surface area (Å²) < 4.78 is 0. The summed E-state index contributed by atoms with van der Waals surface area (Å²) in [7, 11) is 0. The molecule has 4 heteroatoms. The molecule has 0 aliphatic heterocycles. The highest BCUT2D eigenvalue weighted by atomic mass is 16.3. The lowest BCUT2D eigenvalue weighted by Gasteiger charge is -2.00. The number of amidine groups is 1. The number of rotatable bonds is 3. The molecule has 1 heterocycles. The normalized spacial score (nSPS) is 10.1. The maximum atomic E-state index is 9.13. The minimum Gasteiger partial charge on any atom is -0.508 e. The number of aromatic hydroxyl groups is 1. The Morgan fingerprint density at radius 3 is 1.88 bits per heavy atom. The van der Waals surface area contributed by atoms with Crippen LogP contribution >= 0.6 is 0 Å². The third kappa shape index (κ3) is 9.01. The van der Waals surface area contributed by atoms with Gasteiger partial charge in [-0.2, -0.15) is 0 Å². The van der Waals surface area contributed by atoms with Crippen molar-refractivity contribution in [3.8, 4) is 5.75 Å². The second-order valence-electron chi connectivity index (χ2n) is 5.26. The molecule has 2 aromatic carbocycles. The van der Waals surface area contributed by atoms with Gasteiger partial charge in [0.2, 0.25) is 0 Å². The van der Waals surface area contributed by atoms with Crippen LogP contribution in [0.4, 0.5) is 5.69 Å². The van der Waals surface area contributed by atoms with Crippen molar-refractivity contribution in [2.45, 2.75) is 26.7 Å². The number of aromatic amines is 1. The molecule has 0 bridgehead atoms. The first-order chi connectivity index (χ1) is 12.2. The standard InChI is InChI=1S/C13H12N2O.C4H5N.C4H10/c14-13(10-4-2-1-3-5-10)15-11-6-8-12(16)9-7-11;1-2-4-5-3-1;1-3-4-2/h1-9,16H,(H2,14,15);1-5H;3-4H2,1-2H3. The minimum absolute atomic E-state index is 0.220. The molecule has 0 radical (unpaired) electrons. The first kappa shape index (κ1) is 20.0. The molecule has 0 fully saturated rings. The Morgan fingerprint density at radius 1 is 0.880 bits per heavy atom. The number of aromatic nitrogens is 1. The van der Waals surface area contributed by atoms with Crippen LogP contribution < -0.4 is 5.73 Å². The lowest BCUT2D eigenvalue weighted by atomic mass is 10.2. The Hall–Kier alpha value is -3.01. The molecule has 0 aliphatic carbocycles. The summed E-state index contributed by atoms with van der Waals surface area (Å²) in [5, 5.41) is 9.13. The van der Waals surface area contributed by atoms with Crippen LogP contribution in [0.2, 0.25) is 0 Å². The number of nitrogens with zero attached hydrogens (tertiary/aromatic N) is 1. The summed E-state index contributed by atoms with van der Waals surface area (Å²) in [5.41, 5.74) is 7.46. The molecular weight excluding hydrogens is 310 g/mol. The molecule has 0 saturated heterocycles. The minimum atomic E-state index is 0.220. The van der Waals surface area contributed by atoms with Crippen molar-refractivity contribution in [1.29, 1.82) is 0 Å². The third-order valence-corrected chi connectivity index (χ3v) is 3.16. The molecule has 4 nitrogen and oxygen atoms in total. The van der Waals surface area contributed by atoms with Crippen molar-refractivity contribution in [2.75, 3.05) is 0 Å². The van der Waals surface area contributed by atoms with Crippen LogP contribution in [-0.4, -0.2) is 15.9 Å². The number of nitrogens with one attached hydrogen (secondary N) is 1. The van der Waals surface area contributed by atoms with Gasteiger partial charge in [0.05, 0.1) is 5.69 Å². The van der Waals surface area contributed by atoms with E-state index in [9.17, 15) is 0 Å². The molecule has 0 spiro atoms. The fourth-order valence-electron chi connectivity index (χ4n) is 1.62. The second-order valence-corrected chi connectivity index (χ2v) is 5.26. The number of phenolic OH excluding ortho intramolecular Hbond substituents is 1. The van der Waals surface area contributed by atoms with E-state index in [1.54, 1.807) is 24.3 Å². The zero-order valence-electron chi connectivity index (χ0n) is 14.9. The van der Waals surface area contributed by atoms with Gasteiger partial charge >= 0.3 is 0 Å². The van der Waals surface area contributed by atoms with E-state index in [0.717, 1.165) is 11.3 Å². The van der Waals surface area contributed by atoms with Gasteiger partial charge in [-0.15, -0.1) is 0 Å². The van der Waals surface area contributed by atoms with Crippen LogP contribution in [0.5, 0.6) is 5.75 Å². The summed E-state index contributed by atoms with van der Waals surface area (Å²) in [6.45, 7) is 4.36. The van der Waals surface area contributed by atoms with Crippen LogP contribution in [-0.2, 0) is 0 Å². The number of H-pyrrole nitrogens is 1. The Kier molecular flexibility index (Phi) is 9.95. The Morgan fingerprint density at radius 2 is 1.44 bits per heavy atom. The van der Waals surface area contributed by atoms with Gasteiger partial charge in [0.15, 0.2) is 0 Å². The van der Waals surface area contributed by atoms with Gasteiger partial charge in [-0.05, 0) is 36.4 Å². The molecule has 0 saturated carbocycles. The lowest BCUT2D eigenvalue weighted by molar-refractivity contribution is 0.475.